The maximum atomic E-state index is 13.0. The zero-order valence-electron chi connectivity index (χ0n) is 14.4. The molecule has 2 N–H and O–H groups in total. The van der Waals surface area contributed by atoms with Crippen molar-refractivity contribution in [2.45, 2.75) is 31.0 Å². The molecule has 1 saturated heterocycles. The highest BCUT2D eigenvalue weighted by Gasteiger charge is 2.65. The van der Waals surface area contributed by atoms with Crippen LogP contribution in [0.25, 0.3) is 5.76 Å². The van der Waals surface area contributed by atoms with Crippen molar-refractivity contribution in [3.05, 3.63) is 80.5 Å². The Hall–Kier alpha value is -1.60. The van der Waals surface area contributed by atoms with Gasteiger partial charge in [-0.2, -0.15) is 5.48 Å². The minimum atomic E-state index is -1.06. The Bertz CT molecular complexity index is 900. The number of rotatable bonds is 2. The van der Waals surface area contributed by atoms with Gasteiger partial charge >= 0.3 is 0 Å². The molecule has 4 unspecified atom stereocenters. The summed E-state index contributed by atoms with van der Waals surface area (Å²) in [5, 5.41) is 14.0. The van der Waals surface area contributed by atoms with Crippen LogP contribution in [0.2, 0.25) is 10.0 Å². The van der Waals surface area contributed by atoms with Gasteiger partial charge in [-0.3, -0.25) is 0 Å². The van der Waals surface area contributed by atoms with Crippen LogP contribution in [0.4, 0.5) is 0 Å². The first-order chi connectivity index (χ1) is 13.1. The minimum absolute atomic E-state index is 0.0280. The van der Waals surface area contributed by atoms with Crippen LogP contribution in [0.1, 0.15) is 36.4 Å². The van der Waals surface area contributed by atoms with Gasteiger partial charge in [0.15, 0.2) is 0 Å². The molecule has 5 nitrogen and oxygen atoms in total. The standard InChI is InChI=1S/C20H18Cl2N2O3/c21-14-8-4-12(5-9-14)18-16-2-1-3-17-19(13-6-10-15(22)11-7-13)26-24(25)20(16,17)27-23-18/h4-11,16,18,23-24H,1-3H2. The van der Waals surface area contributed by atoms with Crippen molar-refractivity contribution in [2.24, 2.45) is 5.92 Å². The van der Waals surface area contributed by atoms with E-state index < -0.39 is 5.72 Å². The van der Waals surface area contributed by atoms with Crippen molar-refractivity contribution < 1.29 is 14.9 Å². The molecule has 2 fully saturated rings. The van der Waals surface area contributed by atoms with E-state index in [0.29, 0.717) is 15.8 Å². The lowest BCUT2D eigenvalue weighted by Gasteiger charge is -2.38. The summed E-state index contributed by atoms with van der Waals surface area (Å²) in [7, 11) is 0. The van der Waals surface area contributed by atoms with Gasteiger partial charge in [-0.05, 0) is 61.2 Å². The fourth-order valence-corrected chi connectivity index (χ4v) is 4.77. The van der Waals surface area contributed by atoms with Gasteiger partial charge in [-0.15, -0.1) is 5.23 Å². The van der Waals surface area contributed by atoms with Gasteiger partial charge in [0.1, 0.15) is 0 Å². The molecule has 2 heterocycles. The molecule has 2 aromatic rings. The molecule has 0 bridgehead atoms. The summed E-state index contributed by atoms with van der Waals surface area (Å²) in [4.78, 5) is 11.8. The summed E-state index contributed by atoms with van der Waals surface area (Å²) in [6.45, 7) is 0. The van der Waals surface area contributed by atoms with Crippen LogP contribution in [-0.4, -0.2) is 5.72 Å². The van der Waals surface area contributed by atoms with Crippen LogP contribution < -0.4 is 10.7 Å². The van der Waals surface area contributed by atoms with Crippen molar-refractivity contribution in [1.82, 2.24) is 5.48 Å². The molecule has 1 saturated carbocycles. The molecular formula is C20H18Cl2N2O3. The molecule has 7 heteroatoms. The molecule has 4 atom stereocenters. The first-order valence-corrected chi connectivity index (χ1v) is 9.76. The summed E-state index contributed by atoms with van der Waals surface area (Å²) in [5.41, 5.74) is 4.87. The second-order valence-electron chi connectivity index (χ2n) is 7.19. The number of nitrogens with one attached hydrogen (secondary N) is 2. The van der Waals surface area contributed by atoms with Gasteiger partial charge in [0.05, 0.1) is 17.5 Å². The lowest BCUT2D eigenvalue weighted by molar-refractivity contribution is -1.09. The predicted octanol–water partition coefficient (Wildman–Crippen LogP) is 3.80. The molecule has 5 rings (SSSR count). The maximum absolute atomic E-state index is 13.0. The summed E-state index contributed by atoms with van der Waals surface area (Å²) >= 11 is 12.0. The number of hydrogen-bond donors (Lipinski definition) is 2. The van der Waals surface area contributed by atoms with E-state index in [-0.39, 0.29) is 17.2 Å². The van der Waals surface area contributed by atoms with Crippen LogP contribution in [0.3, 0.4) is 0 Å². The van der Waals surface area contributed by atoms with Crippen LogP contribution in [0.5, 0.6) is 0 Å². The van der Waals surface area contributed by atoms with Gasteiger partial charge in [0, 0.05) is 15.6 Å². The summed E-state index contributed by atoms with van der Waals surface area (Å²) in [6.07, 6.45) is 2.63. The monoisotopic (exact) mass is 404 g/mol. The first-order valence-electron chi connectivity index (χ1n) is 9.00. The molecule has 140 valence electrons. The second kappa shape index (κ2) is 6.48. The average Bonchev–Trinajstić information content (AvgIpc) is 3.21. The number of halogens is 2. The molecule has 1 aliphatic carbocycles. The maximum Gasteiger partial charge on any atom is 0.288 e. The zero-order valence-corrected chi connectivity index (χ0v) is 15.9. The van der Waals surface area contributed by atoms with Gasteiger partial charge in [0.2, 0.25) is 5.76 Å². The van der Waals surface area contributed by atoms with Crippen molar-refractivity contribution in [1.29, 1.82) is 0 Å². The Kier molecular flexibility index (Phi) is 4.20. The third-order valence-corrected chi connectivity index (χ3v) is 6.27. The Morgan fingerprint density at radius 2 is 1.70 bits per heavy atom. The zero-order chi connectivity index (χ0) is 18.6. The third kappa shape index (κ3) is 2.62. The van der Waals surface area contributed by atoms with Crippen molar-refractivity contribution in [3.63, 3.8) is 0 Å². The van der Waals surface area contributed by atoms with E-state index in [9.17, 15) is 5.21 Å². The quantitative estimate of drug-likeness (QED) is 0.747. The molecule has 3 aliphatic rings. The van der Waals surface area contributed by atoms with Crippen LogP contribution >= 0.6 is 23.2 Å². The van der Waals surface area contributed by atoms with Crippen LogP contribution in [-0.2, 0) is 9.68 Å². The summed E-state index contributed by atoms with van der Waals surface area (Å²) in [5.74, 6) is 0.583. The number of hydrogen-bond acceptors (Lipinski definition) is 4. The fourth-order valence-electron chi connectivity index (χ4n) is 4.52. The molecule has 2 aromatic carbocycles. The predicted molar refractivity (Wildman–Crippen MR) is 102 cm³/mol. The highest BCUT2D eigenvalue weighted by Crippen LogP contribution is 2.51. The lowest BCUT2D eigenvalue weighted by Crippen LogP contribution is -3.15. The Morgan fingerprint density at radius 1 is 1.04 bits per heavy atom. The lowest BCUT2D eigenvalue weighted by atomic mass is 9.73. The summed E-state index contributed by atoms with van der Waals surface area (Å²) < 4.78 is 0. The molecule has 27 heavy (non-hydrogen) atoms. The van der Waals surface area contributed by atoms with E-state index in [2.05, 4.69) is 5.48 Å². The minimum Gasteiger partial charge on any atom is -0.588 e. The van der Waals surface area contributed by atoms with Crippen LogP contribution in [0.15, 0.2) is 54.1 Å². The van der Waals surface area contributed by atoms with E-state index in [1.54, 1.807) is 12.1 Å². The van der Waals surface area contributed by atoms with E-state index in [1.165, 1.54) is 0 Å². The SMILES string of the molecule is [O-][NH+]1OC(c2ccc(Cl)cc2)=C2CCCC3C(c4ccc(Cl)cc4)NOC231. The van der Waals surface area contributed by atoms with E-state index in [4.69, 9.17) is 32.9 Å². The molecule has 0 radical (unpaired) electrons. The fraction of sp³-hybridized carbons (Fsp3) is 0.300. The van der Waals surface area contributed by atoms with Crippen molar-refractivity contribution >= 4 is 29.0 Å². The average molecular weight is 405 g/mol. The van der Waals surface area contributed by atoms with Crippen LogP contribution in [0, 0.1) is 11.1 Å². The number of benzene rings is 2. The molecule has 0 amide bonds. The van der Waals surface area contributed by atoms with Gasteiger partial charge in [0.25, 0.3) is 5.72 Å². The number of hydroxylamine groups is 3. The highest BCUT2D eigenvalue weighted by atomic mass is 35.5. The molecule has 1 spiro atoms. The molecular weight excluding hydrogens is 387 g/mol. The normalized spacial score (nSPS) is 32.2. The topological polar surface area (TPSA) is 58.0 Å². The Balaban J connectivity index is 1.57. The van der Waals surface area contributed by atoms with Crippen molar-refractivity contribution in [3.8, 4) is 0 Å². The van der Waals surface area contributed by atoms with E-state index >= 15 is 0 Å². The first kappa shape index (κ1) is 17.5. The van der Waals surface area contributed by atoms with Gasteiger partial charge in [-0.25, -0.2) is 4.84 Å². The largest absolute Gasteiger partial charge is 0.588 e. The Morgan fingerprint density at radius 3 is 2.41 bits per heavy atom. The number of quaternary nitrogens is 1. The van der Waals surface area contributed by atoms with E-state index in [1.807, 2.05) is 36.4 Å². The third-order valence-electron chi connectivity index (χ3n) is 5.77. The van der Waals surface area contributed by atoms with Crippen molar-refractivity contribution in [2.75, 3.05) is 0 Å². The molecule has 2 aliphatic heterocycles. The smallest absolute Gasteiger partial charge is 0.288 e. The van der Waals surface area contributed by atoms with Gasteiger partial charge in [-0.1, -0.05) is 35.3 Å². The second-order valence-corrected chi connectivity index (χ2v) is 8.06. The molecule has 0 aromatic heterocycles. The summed E-state index contributed by atoms with van der Waals surface area (Å²) in [6, 6.07) is 14.9. The highest BCUT2D eigenvalue weighted by molar-refractivity contribution is 6.30. The van der Waals surface area contributed by atoms with E-state index in [0.717, 1.165) is 36.0 Å². The van der Waals surface area contributed by atoms with Gasteiger partial charge < -0.3 is 10.0 Å². The Labute approximate surface area is 167 Å².